The Balaban J connectivity index is 1.74. The Morgan fingerprint density at radius 3 is 2.38 bits per heavy atom. The van der Waals surface area contributed by atoms with E-state index in [0.717, 1.165) is 38.8 Å². The Bertz CT molecular complexity index is 1110. The van der Waals surface area contributed by atoms with E-state index in [4.69, 9.17) is 0 Å². The van der Waals surface area contributed by atoms with Crippen molar-refractivity contribution in [3.05, 3.63) is 39.4 Å². The average Bonchev–Trinajstić information content (AvgIpc) is 3.45. The van der Waals surface area contributed by atoms with Crippen LogP contribution in [0, 0.1) is 29.0 Å². The summed E-state index contributed by atoms with van der Waals surface area (Å²) in [5.74, 6) is 0.234. The highest BCUT2D eigenvalue weighted by Crippen LogP contribution is 2.43. The summed E-state index contributed by atoms with van der Waals surface area (Å²) < 4.78 is 17.2. The molecule has 0 amide bonds. The number of nitriles is 1. The third kappa shape index (κ3) is 2.87. The van der Waals surface area contributed by atoms with Crippen molar-refractivity contribution in [1.82, 2.24) is 4.57 Å². The summed E-state index contributed by atoms with van der Waals surface area (Å²) in [7, 11) is 0. The smallest absolute Gasteiger partial charge is 0.200 e. The fourth-order valence-corrected chi connectivity index (χ4v) is 5.37. The van der Waals surface area contributed by atoms with Gasteiger partial charge in [-0.25, -0.2) is 4.39 Å². The average molecular weight is 393 g/mol. The molecule has 0 N–H and O–H groups in total. The largest absolute Gasteiger partial charge is 0.367 e. The number of halogens is 1. The van der Waals surface area contributed by atoms with Crippen molar-refractivity contribution in [3.63, 3.8) is 0 Å². The zero-order valence-corrected chi connectivity index (χ0v) is 16.6. The molecular formula is C23H24FN3O2. The van der Waals surface area contributed by atoms with Gasteiger partial charge in [0.1, 0.15) is 17.4 Å². The summed E-state index contributed by atoms with van der Waals surface area (Å²) in [6.07, 6.45) is 8.20. The fraction of sp³-hybridized carbons (Fsp3) is 0.522. The summed E-state index contributed by atoms with van der Waals surface area (Å²) in [5.41, 5.74) is 0.627. The number of aromatic nitrogens is 1. The van der Waals surface area contributed by atoms with E-state index in [2.05, 4.69) is 6.07 Å². The molecule has 5 nitrogen and oxygen atoms in total. The van der Waals surface area contributed by atoms with Gasteiger partial charge in [0.25, 0.3) is 0 Å². The van der Waals surface area contributed by atoms with E-state index in [9.17, 15) is 14.9 Å². The maximum atomic E-state index is 15.3. The number of ketones is 1. The number of carbonyl (C=O) groups excluding carboxylic acids is 1. The van der Waals surface area contributed by atoms with E-state index >= 15 is 4.39 Å². The van der Waals surface area contributed by atoms with Crippen molar-refractivity contribution >= 4 is 22.4 Å². The minimum atomic E-state index is -0.534. The Morgan fingerprint density at radius 2 is 1.83 bits per heavy atom. The zero-order chi connectivity index (χ0) is 20.3. The highest BCUT2D eigenvalue weighted by molar-refractivity contribution is 5.99. The summed E-state index contributed by atoms with van der Waals surface area (Å²) in [5, 5.41) is 10.2. The van der Waals surface area contributed by atoms with Crippen molar-refractivity contribution in [2.75, 3.05) is 18.0 Å². The first-order chi connectivity index (χ1) is 14.0. The number of nitrogens with zero attached hydrogens (tertiary/aromatic N) is 3. The molecule has 150 valence electrons. The van der Waals surface area contributed by atoms with E-state index in [0.29, 0.717) is 23.0 Å². The van der Waals surface area contributed by atoms with Gasteiger partial charge in [-0.05, 0) is 50.5 Å². The second-order valence-corrected chi connectivity index (χ2v) is 8.87. The molecule has 29 heavy (non-hydrogen) atoms. The number of hydrogen-bond donors (Lipinski definition) is 0. The van der Waals surface area contributed by atoms with E-state index in [-0.39, 0.29) is 28.3 Å². The molecule has 2 saturated carbocycles. The van der Waals surface area contributed by atoms with E-state index in [1.807, 2.05) is 9.47 Å². The fourth-order valence-electron chi connectivity index (χ4n) is 5.37. The van der Waals surface area contributed by atoms with Crippen LogP contribution in [0.2, 0.25) is 0 Å². The molecule has 5 rings (SSSR count). The molecule has 3 aliphatic rings. The minimum absolute atomic E-state index is 0.0626. The van der Waals surface area contributed by atoms with Gasteiger partial charge in [0.05, 0.1) is 22.2 Å². The normalized spacial score (nSPS) is 23.8. The molecule has 1 saturated heterocycles. The summed E-state index contributed by atoms with van der Waals surface area (Å²) >= 11 is 0. The van der Waals surface area contributed by atoms with Crippen LogP contribution >= 0.6 is 0 Å². The van der Waals surface area contributed by atoms with Gasteiger partial charge in [0, 0.05) is 25.3 Å². The van der Waals surface area contributed by atoms with Crippen molar-refractivity contribution in [2.24, 2.45) is 11.8 Å². The van der Waals surface area contributed by atoms with Crippen LogP contribution in [0.3, 0.4) is 0 Å². The lowest BCUT2D eigenvalue weighted by atomic mass is 9.82. The molecule has 2 aromatic rings. The molecule has 1 aromatic heterocycles. The monoisotopic (exact) mass is 393 g/mol. The second-order valence-electron chi connectivity index (χ2n) is 8.87. The number of carbonyl (C=O) groups is 1. The minimum Gasteiger partial charge on any atom is -0.367 e. The summed E-state index contributed by atoms with van der Waals surface area (Å²) in [4.78, 5) is 26.9. The van der Waals surface area contributed by atoms with Gasteiger partial charge in [-0.15, -0.1) is 0 Å². The first kappa shape index (κ1) is 18.4. The molecular weight excluding hydrogens is 369 g/mol. The molecule has 2 aliphatic carbocycles. The van der Waals surface area contributed by atoms with Crippen molar-refractivity contribution < 1.29 is 9.18 Å². The number of hydrogen-bond acceptors (Lipinski definition) is 4. The number of benzene rings is 1. The van der Waals surface area contributed by atoms with Crippen molar-refractivity contribution in [3.8, 4) is 6.07 Å². The lowest BCUT2D eigenvalue weighted by molar-refractivity contribution is 0.101. The summed E-state index contributed by atoms with van der Waals surface area (Å²) in [6, 6.07) is 3.62. The maximum Gasteiger partial charge on any atom is 0.200 e. The molecule has 1 aromatic carbocycles. The lowest BCUT2D eigenvalue weighted by Crippen LogP contribution is -2.24. The predicted octanol–water partition coefficient (Wildman–Crippen LogP) is 4.18. The number of Topliss-reactive ketones (excluding diaryl/α,β-unsaturated/α-hetero) is 1. The number of rotatable bonds is 3. The van der Waals surface area contributed by atoms with Crippen LogP contribution < -0.4 is 10.3 Å². The van der Waals surface area contributed by atoms with Crippen molar-refractivity contribution in [1.29, 1.82) is 5.26 Å². The molecule has 3 fully saturated rings. The predicted molar refractivity (Wildman–Crippen MR) is 109 cm³/mol. The standard InChI is InChI=1S/C23H24FN3O2/c1-13(28)19-12-27(16-6-7-16)21-17(23(19)29)8-20(24)22(18(21)9-25)26-10-14-4-2-3-5-15(14)11-26/h8,12,14-16H,2-7,10-11H2,1H3/t14-,15+. The Kier molecular flexibility index (Phi) is 4.23. The quantitative estimate of drug-likeness (QED) is 0.734. The van der Waals surface area contributed by atoms with Gasteiger partial charge >= 0.3 is 0 Å². The first-order valence-electron chi connectivity index (χ1n) is 10.6. The molecule has 1 aliphatic heterocycles. The van der Waals surface area contributed by atoms with Crippen LogP contribution in [0.4, 0.5) is 10.1 Å². The zero-order valence-electron chi connectivity index (χ0n) is 16.6. The molecule has 0 radical (unpaired) electrons. The first-order valence-corrected chi connectivity index (χ1v) is 10.6. The van der Waals surface area contributed by atoms with Crippen LogP contribution in [0.1, 0.15) is 67.4 Å². The van der Waals surface area contributed by atoms with Gasteiger partial charge in [-0.3, -0.25) is 9.59 Å². The number of fused-ring (bicyclic) bond motifs is 2. The third-order valence-electron chi connectivity index (χ3n) is 6.97. The molecule has 2 atom stereocenters. The van der Waals surface area contributed by atoms with E-state index in [1.165, 1.54) is 25.8 Å². The Labute approximate surface area is 168 Å². The topological polar surface area (TPSA) is 66.1 Å². The van der Waals surface area contributed by atoms with Gasteiger partial charge in [-0.2, -0.15) is 5.26 Å². The highest BCUT2D eigenvalue weighted by atomic mass is 19.1. The van der Waals surface area contributed by atoms with Crippen molar-refractivity contribution in [2.45, 2.75) is 51.5 Å². The summed E-state index contributed by atoms with van der Waals surface area (Å²) in [6.45, 7) is 2.88. The molecule has 6 heteroatoms. The van der Waals surface area contributed by atoms with E-state index in [1.54, 1.807) is 6.20 Å². The Hall–Kier alpha value is -2.68. The molecule has 0 unspecified atom stereocenters. The number of anilines is 1. The highest BCUT2D eigenvalue weighted by Gasteiger charge is 2.37. The Morgan fingerprint density at radius 1 is 1.17 bits per heavy atom. The van der Waals surface area contributed by atoms with Crippen LogP contribution in [-0.4, -0.2) is 23.4 Å². The number of pyridine rings is 1. The van der Waals surface area contributed by atoms with Gasteiger partial charge in [0.2, 0.25) is 0 Å². The SMILES string of the molecule is CC(=O)c1cn(C2CC2)c2c(C#N)c(N3C[C@H]4CCCC[C@H]4C3)c(F)cc2c1=O. The van der Waals surface area contributed by atoms with Gasteiger partial charge in [-0.1, -0.05) is 12.8 Å². The molecule has 0 spiro atoms. The van der Waals surface area contributed by atoms with Gasteiger partial charge in [0.15, 0.2) is 11.2 Å². The van der Waals surface area contributed by atoms with Crippen LogP contribution in [0.15, 0.2) is 17.1 Å². The molecule has 2 heterocycles. The van der Waals surface area contributed by atoms with Gasteiger partial charge < -0.3 is 9.47 Å². The maximum absolute atomic E-state index is 15.3. The molecule has 0 bridgehead atoms. The third-order valence-corrected chi connectivity index (χ3v) is 6.97. The van der Waals surface area contributed by atoms with Crippen LogP contribution in [0.25, 0.3) is 10.9 Å². The second kappa shape index (κ2) is 6.69. The lowest BCUT2D eigenvalue weighted by Gasteiger charge is -2.23. The van der Waals surface area contributed by atoms with Crippen LogP contribution in [0.5, 0.6) is 0 Å². The van der Waals surface area contributed by atoms with E-state index < -0.39 is 11.2 Å². The van der Waals surface area contributed by atoms with Crippen LogP contribution in [-0.2, 0) is 0 Å².